The van der Waals surface area contributed by atoms with Crippen LogP contribution in [0, 0.1) is 34.6 Å². The minimum absolute atomic E-state index is 0.753. The van der Waals surface area contributed by atoms with Gasteiger partial charge in [0, 0.05) is 19.0 Å². The van der Waals surface area contributed by atoms with Crippen LogP contribution in [0.3, 0.4) is 0 Å². The molecule has 0 bridgehead atoms. The van der Waals surface area contributed by atoms with Gasteiger partial charge in [-0.1, -0.05) is 0 Å². The van der Waals surface area contributed by atoms with Crippen molar-refractivity contribution in [3.8, 4) is 0 Å². The maximum absolute atomic E-state index is 3.37. The molecule has 1 nitrogen and oxygen atoms in total. The molecule has 1 fully saturated rings. The van der Waals surface area contributed by atoms with Gasteiger partial charge in [0.1, 0.15) is 0 Å². The molecule has 0 aliphatic carbocycles. The Morgan fingerprint density at radius 3 is 1.47 bits per heavy atom. The number of hydrogen-bond acceptors (Lipinski definition) is 1. The second kappa shape index (κ2) is 3.64. The van der Waals surface area contributed by atoms with Crippen LogP contribution in [0.1, 0.15) is 39.3 Å². The summed E-state index contributed by atoms with van der Waals surface area (Å²) in [6.07, 6.45) is 0. The van der Waals surface area contributed by atoms with Gasteiger partial charge in [0.15, 0.2) is 0 Å². The van der Waals surface area contributed by atoms with Crippen molar-refractivity contribution in [2.75, 3.05) is 13.1 Å². The van der Waals surface area contributed by atoms with E-state index >= 15 is 0 Å². The molecular formula is C14H21N. The average molecular weight is 203 g/mol. The fraction of sp³-hybridized carbons (Fsp3) is 0.571. The first-order valence-corrected chi connectivity index (χ1v) is 5.81. The predicted molar refractivity (Wildman–Crippen MR) is 65.7 cm³/mol. The number of nitrogens with one attached hydrogen (secondary N) is 1. The highest BCUT2D eigenvalue weighted by Crippen LogP contribution is 2.32. The molecule has 1 saturated heterocycles. The SMILES string of the molecule is Cc1c(C)c(C)c(C2CNC2)c(C)c1C. The summed E-state index contributed by atoms with van der Waals surface area (Å²) >= 11 is 0. The van der Waals surface area contributed by atoms with Gasteiger partial charge in [-0.3, -0.25) is 0 Å². The highest BCUT2D eigenvalue weighted by Gasteiger charge is 2.24. The second-order valence-electron chi connectivity index (χ2n) is 4.89. The number of benzene rings is 1. The molecule has 0 atom stereocenters. The van der Waals surface area contributed by atoms with E-state index in [1.165, 1.54) is 27.8 Å². The lowest BCUT2D eigenvalue weighted by Gasteiger charge is -2.32. The van der Waals surface area contributed by atoms with Crippen LogP contribution in [0.2, 0.25) is 0 Å². The van der Waals surface area contributed by atoms with Crippen molar-refractivity contribution >= 4 is 0 Å². The van der Waals surface area contributed by atoms with Gasteiger partial charge in [-0.25, -0.2) is 0 Å². The molecule has 82 valence electrons. The number of rotatable bonds is 1. The van der Waals surface area contributed by atoms with E-state index in [1.807, 2.05) is 0 Å². The summed E-state index contributed by atoms with van der Waals surface area (Å²) in [6.45, 7) is 13.6. The minimum atomic E-state index is 0.753. The van der Waals surface area contributed by atoms with Crippen molar-refractivity contribution in [2.45, 2.75) is 40.5 Å². The van der Waals surface area contributed by atoms with E-state index in [-0.39, 0.29) is 0 Å². The number of hydrogen-bond donors (Lipinski definition) is 1. The van der Waals surface area contributed by atoms with Gasteiger partial charge in [-0.15, -0.1) is 0 Å². The smallest absolute Gasteiger partial charge is 0.00940 e. The highest BCUT2D eigenvalue weighted by molar-refractivity contribution is 5.51. The Morgan fingerprint density at radius 2 is 1.13 bits per heavy atom. The predicted octanol–water partition coefficient (Wildman–Crippen LogP) is 2.92. The Labute approximate surface area is 92.9 Å². The Bertz CT molecular complexity index is 371. The van der Waals surface area contributed by atoms with Gasteiger partial charge in [0.05, 0.1) is 0 Å². The molecule has 0 amide bonds. The Hall–Kier alpha value is -0.820. The van der Waals surface area contributed by atoms with Crippen LogP contribution < -0.4 is 5.32 Å². The lowest BCUT2D eigenvalue weighted by Crippen LogP contribution is -2.40. The first kappa shape index (κ1) is 10.7. The maximum atomic E-state index is 3.37. The quantitative estimate of drug-likeness (QED) is 0.740. The van der Waals surface area contributed by atoms with Crippen LogP contribution in [-0.2, 0) is 0 Å². The summed E-state index contributed by atoms with van der Waals surface area (Å²) in [5, 5.41) is 3.37. The summed E-state index contributed by atoms with van der Waals surface area (Å²) < 4.78 is 0. The molecule has 0 spiro atoms. The molecule has 1 heterocycles. The van der Waals surface area contributed by atoms with Crippen LogP contribution in [-0.4, -0.2) is 13.1 Å². The highest BCUT2D eigenvalue weighted by atomic mass is 14.9. The van der Waals surface area contributed by atoms with E-state index < -0.39 is 0 Å². The van der Waals surface area contributed by atoms with Crippen LogP contribution in [0.4, 0.5) is 0 Å². The van der Waals surface area contributed by atoms with E-state index in [9.17, 15) is 0 Å². The van der Waals surface area contributed by atoms with Gasteiger partial charge >= 0.3 is 0 Å². The molecule has 0 radical (unpaired) electrons. The van der Waals surface area contributed by atoms with Gasteiger partial charge < -0.3 is 5.32 Å². The van der Waals surface area contributed by atoms with E-state index in [4.69, 9.17) is 0 Å². The largest absolute Gasteiger partial charge is 0.315 e. The Balaban J connectivity index is 2.62. The molecule has 1 aromatic rings. The summed E-state index contributed by atoms with van der Waals surface area (Å²) in [7, 11) is 0. The average Bonchev–Trinajstić information content (AvgIpc) is 2.15. The van der Waals surface area contributed by atoms with E-state index in [0.29, 0.717) is 0 Å². The van der Waals surface area contributed by atoms with Crippen LogP contribution >= 0.6 is 0 Å². The molecule has 1 aromatic carbocycles. The molecule has 15 heavy (non-hydrogen) atoms. The van der Waals surface area contributed by atoms with Gasteiger partial charge in [0.2, 0.25) is 0 Å². The molecule has 1 aliphatic heterocycles. The van der Waals surface area contributed by atoms with E-state index in [1.54, 1.807) is 5.56 Å². The van der Waals surface area contributed by atoms with Crippen molar-refractivity contribution in [2.24, 2.45) is 0 Å². The molecule has 0 saturated carbocycles. The second-order valence-corrected chi connectivity index (χ2v) is 4.89. The van der Waals surface area contributed by atoms with Crippen molar-refractivity contribution in [1.29, 1.82) is 0 Å². The fourth-order valence-corrected chi connectivity index (χ4v) is 2.63. The third-order valence-corrected chi connectivity index (χ3v) is 4.25. The van der Waals surface area contributed by atoms with Crippen LogP contribution in [0.5, 0.6) is 0 Å². The van der Waals surface area contributed by atoms with Crippen molar-refractivity contribution in [3.63, 3.8) is 0 Å². The zero-order valence-corrected chi connectivity index (χ0v) is 10.5. The summed E-state index contributed by atoms with van der Waals surface area (Å²) in [6, 6.07) is 0. The van der Waals surface area contributed by atoms with Crippen molar-refractivity contribution in [3.05, 3.63) is 33.4 Å². The zero-order valence-electron chi connectivity index (χ0n) is 10.5. The lowest BCUT2D eigenvalue weighted by atomic mass is 9.81. The molecule has 1 heteroatoms. The maximum Gasteiger partial charge on any atom is 0.00940 e. The van der Waals surface area contributed by atoms with Crippen molar-refractivity contribution < 1.29 is 0 Å². The van der Waals surface area contributed by atoms with Crippen molar-refractivity contribution in [1.82, 2.24) is 5.32 Å². The Kier molecular flexibility index (Phi) is 2.59. The Morgan fingerprint density at radius 1 is 0.733 bits per heavy atom. The first-order valence-electron chi connectivity index (χ1n) is 5.81. The van der Waals surface area contributed by atoms with Crippen LogP contribution in [0.25, 0.3) is 0 Å². The molecule has 0 aromatic heterocycles. The van der Waals surface area contributed by atoms with Gasteiger partial charge in [-0.05, 0) is 68.0 Å². The molecular weight excluding hydrogens is 182 g/mol. The summed E-state index contributed by atoms with van der Waals surface area (Å²) in [5.41, 5.74) is 9.08. The first-order chi connectivity index (χ1) is 7.04. The van der Waals surface area contributed by atoms with E-state index in [0.717, 1.165) is 19.0 Å². The van der Waals surface area contributed by atoms with Gasteiger partial charge in [0.25, 0.3) is 0 Å². The monoisotopic (exact) mass is 203 g/mol. The third-order valence-electron chi connectivity index (χ3n) is 4.25. The van der Waals surface area contributed by atoms with Crippen LogP contribution in [0.15, 0.2) is 0 Å². The standard InChI is InChI=1S/C14H21N/c1-8-9(2)11(4)14(12(5)10(8)3)13-6-15-7-13/h13,15H,6-7H2,1-5H3. The van der Waals surface area contributed by atoms with Gasteiger partial charge in [-0.2, -0.15) is 0 Å². The normalized spacial score (nSPS) is 16.6. The molecule has 1 aliphatic rings. The zero-order chi connectivity index (χ0) is 11.2. The lowest BCUT2D eigenvalue weighted by molar-refractivity contribution is 0.445. The third kappa shape index (κ3) is 1.50. The fourth-order valence-electron chi connectivity index (χ4n) is 2.63. The summed E-state index contributed by atoms with van der Waals surface area (Å²) in [4.78, 5) is 0. The topological polar surface area (TPSA) is 12.0 Å². The van der Waals surface area contributed by atoms with E-state index in [2.05, 4.69) is 39.9 Å². The molecule has 0 unspecified atom stereocenters. The molecule has 2 rings (SSSR count). The summed E-state index contributed by atoms with van der Waals surface area (Å²) in [5.74, 6) is 0.753. The minimum Gasteiger partial charge on any atom is -0.315 e. The molecule has 1 N–H and O–H groups in total.